The lowest BCUT2D eigenvalue weighted by Gasteiger charge is -2.39. The first kappa shape index (κ1) is 18.9. The molecule has 0 radical (unpaired) electrons. The number of piperazine rings is 1. The van der Waals surface area contributed by atoms with Gasteiger partial charge in [0.1, 0.15) is 0 Å². The fourth-order valence-electron chi connectivity index (χ4n) is 4.25. The smallest absolute Gasteiger partial charge is 0.261 e. The lowest BCUT2D eigenvalue weighted by Crippen LogP contribution is -2.54. The van der Waals surface area contributed by atoms with Gasteiger partial charge in [0.15, 0.2) is 0 Å². The highest BCUT2D eigenvalue weighted by molar-refractivity contribution is 5.82. The Bertz CT molecular complexity index is 915. The quantitative estimate of drug-likeness (QED) is 0.875. The largest absolute Gasteiger partial charge is 0.369 e. The van der Waals surface area contributed by atoms with Crippen molar-refractivity contribution in [3.05, 3.63) is 34.9 Å². The number of rotatable bonds is 3. The van der Waals surface area contributed by atoms with Crippen LogP contribution in [0.5, 0.6) is 0 Å². The summed E-state index contributed by atoms with van der Waals surface area (Å²) in [5.74, 6) is 0.183. The molecular weight excluding hydrogens is 354 g/mol. The summed E-state index contributed by atoms with van der Waals surface area (Å²) in [7, 11) is 0. The number of nitrogens with zero attached hydrogens (tertiary/aromatic N) is 4. The third-order valence-electron chi connectivity index (χ3n) is 5.95. The fourth-order valence-corrected chi connectivity index (χ4v) is 4.25. The maximum absolute atomic E-state index is 12.6. The van der Waals surface area contributed by atoms with E-state index >= 15 is 0 Å². The topological polar surface area (TPSA) is 70.5 Å². The average molecular weight is 383 g/mol. The van der Waals surface area contributed by atoms with Gasteiger partial charge in [-0.3, -0.25) is 19.1 Å². The Labute approximate surface area is 165 Å². The van der Waals surface area contributed by atoms with Gasteiger partial charge in [-0.15, -0.1) is 0 Å². The number of anilines is 1. The molecule has 7 heteroatoms. The number of carbonyl (C=O) groups excluding carboxylic acids is 1. The summed E-state index contributed by atoms with van der Waals surface area (Å²) in [4.78, 5) is 34.0. The monoisotopic (exact) mass is 383 g/mol. The summed E-state index contributed by atoms with van der Waals surface area (Å²) in [6.45, 7) is 8.26. The van der Waals surface area contributed by atoms with Crippen LogP contribution in [-0.2, 0) is 4.79 Å². The van der Waals surface area contributed by atoms with Crippen LogP contribution in [0.15, 0.2) is 29.3 Å². The van der Waals surface area contributed by atoms with E-state index in [2.05, 4.69) is 20.1 Å². The van der Waals surface area contributed by atoms with Gasteiger partial charge in [-0.25, -0.2) is 4.98 Å². The first-order valence-electron chi connectivity index (χ1n) is 10.3. The van der Waals surface area contributed by atoms with Gasteiger partial charge in [-0.05, 0) is 51.3 Å². The normalized spacial score (nSPS) is 21.8. The zero-order valence-electron chi connectivity index (χ0n) is 16.7. The average Bonchev–Trinajstić information content (AvgIpc) is 2.92. The molecule has 7 nitrogen and oxygen atoms in total. The molecule has 2 aliphatic rings. The van der Waals surface area contributed by atoms with Gasteiger partial charge in [-0.2, -0.15) is 0 Å². The number of amides is 1. The second-order valence-corrected chi connectivity index (χ2v) is 8.08. The van der Waals surface area contributed by atoms with Crippen LogP contribution < -0.4 is 15.8 Å². The van der Waals surface area contributed by atoms with Gasteiger partial charge < -0.3 is 10.2 Å². The Morgan fingerprint density at radius 3 is 2.64 bits per heavy atom. The molecule has 1 amide bonds. The van der Waals surface area contributed by atoms with Gasteiger partial charge in [0, 0.05) is 44.5 Å². The molecule has 0 bridgehead atoms. The zero-order valence-corrected chi connectivity index (χ0v) is 16.7. The van der Waals surface area contributed by atoms with E-state index < -0.39 is 0 Å². The second-order valence-electron chi connectivity index (χ2n) is 8.08. The van der Waals surface area contributed by atoms with Crippen molar-refractivity contribution < 1.29 is 4.79 Å². The van der Waals surface area contributed by atoms with Crippen molar-refractivity contribution in [2.24, 2.45) is 0 Å². The van der Waals surface area contributed by atoms with Crippen LogP contribution in [0.1, 0.15) is 39.2 Å². The van der Waals surface area contributed by atoms with Crippen molar-refractivity contribution in [3.63, 3.8) is 0 Å². The van der Waals surface area contributed by atoms with E-state index in [0.717, 1.165) is 63.2 Å². The minimum atomic E-state index is 0.00995. The van der Waals surface area contributed by atoms with Gasteiger partial charge in [0.05, 0.1) is 23.3 Å². The van der Waals surface area contributed by atoms with Crippen molar-refractivity contribution >= 4 is 22.5 Å². The van der Waals surface area contributed by atoms with E-state index in [1.807, 2.05) is 32.0 Å². The lowest BCUT2D eigenvalue weighted by atomic mass is 10.1. The lowest BCUT2D eigenvalue weighted by molar-refractivity contribution is -0.126. The summed E-state index contributed by atoms with van der Waals surface area (Å²) in [6, 6.07) is 6.03. The molecule has 2 saturated heterocycles. The third-order valence-corrected chi connectivity index (χ3v) is 5.95. The van der Waals surface area contributed by atoms with Gasteiger partial charge in [0.25, 0.3) is 5.56 Å². The predicted octanol–water partition coefficient (Wildman–Crippen LogP) is 1.77. The molecule has 0 saturated carbocycles. The number of fused-ring (bicyclic) bond motifs is 1. The highest BCUT2D eigenvalue weighted by Crippen LogP contribution is 2.22. The molecule has 3 heterocycles. The molecule has 0 spiro atoms. The van der Waals surface area contributed by atoms with Gasteiger partial charge in [-0.1, -0.05) is 0 Å². The highest BCUT2D eigenvalue weighted by atomic mass is 16.2. The Morgan fingerprint density at radius 1 is 1.11 bits per heavy atom. The summed E-state index contributed by atoms with van der Waals surface area (Å²) in [5, 5.41) is 3.70. The first-order valence-corrected chi connectivity index (χ1v) is 10.3. The summed E-state index contributed by atoms with van der Waals surface area (Å²) in [6.07, 6.45) is 4.77. The van der Waals surface area contributed by atoms with E-state index in [0.29, 0.717) is 5.39 Å². The molecule has 2 aliphatic heterocycles. The number of carbonyl (C=O) groups is 1. The minimum absolute atomic E-state index is 0.00995. The van der Waals surface area contributed by atoms with Crippen molar-refractivity contribution in [1.82, 2.24) is 19.8 Å². The predicted molar refractivity (Wildman–Crippen MR) is 111 cm³/mol. The van der Waals surface area contributed by atoms with Crippen LogP contribution in [0.3, 0.4) is 0 Å². The first-order chi connectivity index (χ1) is 13.5. The van der Waals surface area contributed by atoms with Gasteiger partial charge in [0.2, 0.25) is 5.91 Å². The number of nitrogens with one attached hydrogen (secondary N) is 1. The zero-order chi connectivity index (χ0) is 19.7. The van der Waals surface area contributed by atoms with E-state index in [9.17, 15) is 9.59 Å². The molecule has 28 heavy (non-hydrogen) atoms. The molecule has 150 valence electrons. The Balaban J connectivity index is 1.48. The minimum Gasteiger partial charge on any atom is -0.369 e. The third kappa shape index (κ3) is 3.63. The van der Waals surface area contributed by atoms with E-state index in [-0.39, 0.29) is 23.6 Å². The van der Waals surface area contributed by atoms with Crippen LogP contribution in [0.2, 0.25) is 0 Å². The van der Waals surface area contributed by atoms with Gasteiger partial charge >= 0.3 is 0 Å². The van der Waals surface area contributed by atoms with Crippen LogP contribution in [0.25, 0.3) is 10.9 Å². The Kier molecular flexibility index (Phi) is 5.35. The van der Waals surface area contributed by atoms with Crippen LogP contribution in [0.4, 0.5) is 5.69 Å². The van der Waals surface area contributed by atoms with Crippen molar-refractivity contribution in [3.8, 4) is 0 Å². The fraction of sp³-hybridized carbons (Fsp3) is 0.571. The second kappa shape index (κ2) is 7.91. The van der Waals surface area contributed by atoms with Crippen molar-refractivity contribution in [2.75, 3.05) is 37.6 Å². The van der Waals surface area contributed by atoms with Crippen LogP contribution >= 0.6 is 0 Å². The molecule has 0 aliphatic carbocycles. The summed E-state index contributed by atoms with van der Waals surface area (Å²) >= 11 is 0. The van der Waals surface area contributed by atoms with E-state index in [1.165, 1.54) is 0 Å². The Hall–Kier alpha value is -2.41. The molecule has 4 rings (SSSR count). The molecule has 1 atom stereocenters. The SMILES string of the molecule is CC(C)n1cnc2cc(N3CCN(C4CCCCNC4=O)CC3)ccc2c1=O. The molecule has 2 aromatic rings. The van der Waals surface area contributed by atoms with Crippen LogP contribution in [-0.4, -0.2) is 59.1 Å². The van der Waals surface area contributed by atoms with Crippen LogP contribution in [0, 0.1) is 0 Å². The van der Waals surface area contributed by atoms with Crippen molar-refractivity contribution in [1.29, 1.82) is 0 Å². The molecule has 1 aromatic carbocycles. The summed E-state index contributed by atoms with van der Waals surface area (Å²) < 4.78 is 1.67. The standard InChI is InChI=1S/C21H29N5O2/c1-15(2)26-14-23-18-13-16(6-7-17(18)21(26)28)24-9-11-25(12-10-24)19-5-3-4-8-22-20(19)27/h6-7,13-15,19H,3-5,8-12H2,1-2H3,(H,22,27). The van der Waals surface area contributed by atoms with E-state index in [1.54, 1.807) is 10.9 Å². The molecule has 2 fully saturated rings. The molecule has 1 unspecified atom stereocenters. The highest BCUT2D eigenvalue weighted by Gasteiger charge is 2.29. The molecule has 1 N–H and O–H groups in total. The maximum Gasteiger partial charge on any atom is 0.261 e. The molecule has 1 aromatic heterocycles. The Morgan fingerprint density at radius 2 is 1.89 bits per heavy atom. The number of aromatic nitrogens is 2. The number of benzene rings is 1. The summed E-state index contributed by atoms with van der Waals surface area (Å²) in [5.41, 5.74) is 1.84. The van der Waals surface area contributed by atoms with E-state index in [4.69, 9.17) is 0 Å². The number of hydrogen-bond donors (Lipinski definition) is 1. The number of hydrogen-bond acceptors (Lipinski definition) is 5. The molecular formula is C21H29N5O2. The van der Waals surface area contributed by atoms with Crippen molar-refractivity contribution in [2.45, 2.75) is 45.2 Å². The maximum atomic E-state index is 12.6.